The maximum Gasteiger partial charge on any atom is 0.105 e. The number of likely N-dealkylation sites (N-methyl/N-ethyl adjacent to an activating group) is 1. The summed E-state index contributed by atoms with van der Waals surface area (Å²) in [6.07, 6.45) is 2.67. The van der Waals surface area contributed by atoms with Gasteiger partial charge in [-0.15, -0.1) is 0 Å². The van der Waals surface area contributed by atoms with Crippen molar-refractivity contribution >= 4 is 0 Å². The lowest BCUT2D eigenvalue weighted by Crippen LogP contribution is -2.46. The Balaban J connectivity index is 2.11. The lowest BCUT2D eigenvalue weighted by atomic mass is 10.1. The van der Waals surface area contributed by atoms with Crippen LogP contribution in [0, 0.1) is 0 Å². The molecule has 0 fully saturated rings. The Hall–Kier alpha value is -0.800. The van der Waals surface area contributed by atoms with E-state index in [1.54, 1.807) is 6.26 Å². The fourth-order valence-electron chi connectivity index (χ4n) is 1.16. The number of hydrogen-bond donors (Lipinski definition) is 2. The van der Waals surface area contributed by atoms with Crippen molar-refractivity contribution in [2.45, 2.75) is 25.8 Å². The van der Waals surface area contributed by atoms with E-state index in [0.717, 1.165) is 25.3 Å². The summed E-state index contributed by atoms with van der Waals surface area (Å²) in [4.78, 5) is 0. The SMILES string of the molecule is CNC(C)(C)CNCCc1ccco1. The van der Waals surface area contributed by atoms with Gasteiger partial charge < -0.3 is 15.1 Å². The van der Waals surface area contributed by atoms with Gasteiger partial charge in [0.1, 0.15) is 5.76 Å². The lowest BCUT2D eigenvalue weighted by molar-refractivity contribution is 0.391. The Morgan fingerprint density at radius 1 is 1.43 bits per heavy atom. The van der Waals surface area contributed by atoms with Crippen LogP contribution in [-0.2, 0) is 6.42 Å². The standard InChI is InChI=1S/C11H20N2O/c1-11(2,12-3)9-13-7-6-10-5-4-8-14-10/h4-5,8,12-13H,6-7,9H2,1-3H3. The molecule has 80 valence electrons. The van der Waals surface area contributed by atoms with Crippen molar-refractivity contribution in [3.05, 3.63) is 24.2 Å². The average molecular weight is 196 g/mol. The Bertz CT molecular complexity index is 242. The molecule has 14 heavy (non-hydrogen) atoms. The van der Waals surface area contributed by atoms with Crippen molar-refractivity contribution < 1.29 is 4.42 Å². The van der Waals surface area contributed by atoms with Crippen LogP contribution in [0.1, 0.15) is 19.6 Å². The molecule has 0 radical (unpaired) electrons. The van der Waals surface area contributed by atoms with Crippen LogP contribution >= 0.6 is 0 Å². The van der Waals surface area contributed by atoms with Crippen LogP contribution in [0.15, 0.2) is 22.8 Å². The Kier molecular flexibility index (Phi) is 4.17. The minimum absolute atomic E-state index is 0.156. The molecule has 3 heteroatoms. The first-order chi connectivity index (χ1) is 6.64. The number of rotatable bonds is 6. The van der Waals surface area contributed by atoms with Crippen LogP contribution < -0.4 is 10.6 Å². The molecule has 0 unspecified atom stereocenters. The molecule has 2 N–H and O–H groups in total. The third-order valence-corrected chi connectivity index (χ3v) is 2.37. The smallest absolute Gasteiger partial charge is 0.105 e. The highest BCUT2D eigenvalue weighted by molar-refractivity contribution is 4.98. The molecule has 0 atom stereocenters. The molecule has 0 aliphatic heterocycles. The molecule has 0 saturated carbocycles. The average Bonchev–Trinajstić information content (AvgIpc) is 2.65. The number of nitrogens with one attached hydrogen (secondary N) is 2. The molecule has 1 heterocycles. The van der Waals surface area contributed by atoms with E-state index in [1.165, 1.54) is 0 Å². The number of hydrogen-bond acceptors (Lipinski definition) is 3. The van der Waals surface area contributed by atoms with Crippen LogP contribution in [0.5, 0.6) is 0 Å². The van der Waals surface area contributed by atoms with Gasteiger partial charge in [-0.05, 0) is 33.0 Å². The summed E-state index contributed by atoms with van der Waals surface area (Å²) in [5.41, 5.74) is 0.156. The second-order valence-electron chi connectivity index (χ2n) is 4.14. The van der Waals surface area contributed by atoms with Crippen molar-refractivity contribution in [1.29, 1.82) is 0 Å². The molecule has 1 aromatic heterocycles. The van der Waals surface area contributed by atoms with E-state index >= 15 is 0 Å². The van der Waals surface area contributed by atoms with Crippen molar-refractivity contribution in [2.75, 3.05) is 20.1 Å². The van der Waals surface area contributed by atoms with Crippen molar-refractivity contribution in [3.63, 3.8) is 0 Å². The summed E-state index contributed by atoms with van der Waals surface area (Å²) >= 11 is 0. The van der Waals surface area contributed by atoms with Crippen LogP contribution in [0.2, 0.25) is 0 Å². The van der Waals surface area contributed by atoms with Crippen molar-refractivity contribution in [1.82, 2.24) is 10.6 Å². The quantitative estimate of drug-likeness (QED) is 0.675. The molecular weight excluding hydrogens is 176 g/mol. The third kappa shape index (κ3) is 3.94. The first kappa shape index (κ1) is 11.3. The summed E-state index contributed by atoms with van der Waals surface area (Å²) < 4.78 is 5.24. The van der Waals surface area contributed by atoms with Crippen LogP contribution in [0.4, 0.5) is 0 Å². The van der Waals surface area contributed by atoms with Gasteiger partial charge in [-0.25, -0.2) is 0 Å². The van der Waals surface area contributed by atoms with E-state index in [1.807, 2.05) is 19.2 Å². The lowest BCUT2D eigenvalue weighted by Gasteiger charge is -2.24. The zero-order chi connectivity index (χ0) is 10.4. The summed E-state index contributed by atoms with van der Waals surface area (Å²) in [5, 5.41) is 6.64. The van der Waals surface area contributed by atoms with Gasteiger partial charge in [-0.1, -0.05) is 0 Å². The van der Waals surface area contributed by atoms with E-state index in [9.17, 15) is 0 Å². The molecule has 0 saturated heterocycles. The van der Waals surface area contributed by atoms with Gasteiger partial charge in [0.15, 0.2) is 0 Å². The molecule has 0 spiro atoms. The predicted octanol–water partition coefficient (Wildman–Crippen LogP) is 1.41. The Labute approximate surface area is 85.9 Å². The predicted molar refractivity (Wildman–Crippen MR) is 58.4 cm³/mol. The minimum atomic E-state index is 0.156. The van der Waals surface area contributed by atoms with Gasteiger partial charge in [0.2, 0.25) is 0 Å². The molecule has 1 aromatic rings. The van der Waals surface area contributed by atoms with Crippen LogP contribution in [0.3, 0.4) is 0 Å². The molecule has 0 aliphatic rings. The summed E-state index contributed by atoms with van der Waals surface area (Å²) in [6.45, 7) is 6.27. The van der Waals surface area contributed by atoms with E-state index in [-0.39, 0.29) is 5.54 Å². The normalized spacial score (nSPS) is 11.9. The zero-order valence-corrected chi connectivity index (χ0v) is 9.26. The highest BCUT2D eigenvalue weighted by Crippen LogP contribution is 2.01. The van der Waals surface area contributed by atoms with E-state index in [4.69, 9.17) is 4.42 Å². The molecular formula is C11H20N2O. The first-order valence-corrected chi connectivity index (χ1v) is 5.06. The van der Waals surface area contributed by atoms with Gasteiger partial charge in [0.05, 0.1) is 6.26 Å². The summed E-state index contributed by atoms with van der Waals surface area (Å²) in [7, 11) is 1.98. The Morgan fingerprint density at radius 2 is 2.21 bits per heavy atom. The zero-order valence-electron chi connectivity index (χ0n) is 9.26. The maximum absolute atomic E-state index is 5.24. The highest BCUT2D eigenvalue weighted by atomic mass is 16.3. The van der Waals surface area contributed by atoms with E-state index in [2.05, 4.69) is 24.5 Å². The van der Waals surface area contributed by atoms with E-state index < -0.39 is 0 Å². The first-order valence-electron chi connectivity index (χ1n) is 5.06. The van der Waals surface area contributed by atoms with Crippen molar-refractivity contribution in [3.8, 4) is 0 Å². The number of furan rings is 1. The van der Waals surface area contributed by atoms with Gasteiger partial charge in [-0.3, -0.25) is 0 Å². The monoisotopic (exact) mass is 196 g/mol. The fourth-order valence-corrected chi connectivity index (χ4v) is 1.16. The van der Waals surface area contributed by atoms with Crippen LogP contribution in [-0.4, -0.2) is 25.7 Å². The summed E-state index contributed by atoms with van der Waals surface area (Å²) in [5.74, 6) is 1.04. The maximum atomic E-state index is 5.24. The molecule has 0 amide bonds. The second kappa shape index (κ2) is 5.17. The summed E-state index contributed by atoms with van der Waals surface area (Å²) in [6, 6.07) is 3.93. The largest absolute Gasteiger partial charge is 0.469 e. The third-order valence-electron chi connectivity index (χ3n) is 2.37. The molecule has 0 bridgehead atoms. The Morgan fingerprint density at radius 3 is 2.79 bits per heavy atom. The molecule has 3 nitrogen and oxygen atoms in total. The van der Waals surface area contributed by atoms with Gasteiger partial charge in [-0.2, -0.15) is 0 Å². The minimum Gasteiger partial charge on any atom is -0.469 e. The van der Waals surface area contributed by atoms with Gasteiger partial charge in [0, 0.05) is 25.0 Å². The van der Waals surface area contributed by atoms with E-state index in [0.29, 0.717) is 0 Å². The molecule has 0 aromatic carbocycles. The topological polar surface area (TPSA) is 37.2 Å². The van der Waals surface area contributed by atoms with Crippen molar-refractivity contribution in [2.24, 2.45) is 0 Å². The van der Waals surface area contributed by atoms with Gasteiger partial charge >= 0.3 is 0 Å². The van der Waals surface area contributed by atoms with Crippen LogP contribution in [0.25, 0.3) is 0 Å². The molecule has 1 rings (SSSR count). The second-order valence-corrected chi connectivity index (χ2v) is 4.14. The molecule has 0 aliphatic carbocycles. The highest BCUT2D eigenvalue weighted by Gasteiger charge is 2.12. The van der Waals surface area contributed by atoms with Gasteiger partial charge in [0.25, 0.3) is 0 Å². The fraction of sp³-hybridized carbons (Fsp3) is 0.636.